The van der Waals surface area contributed by atoms with Gasteiger partial charge in [0.2, 0.25) is 0 Å². The third kappa shape index (κ3) is 4.49. The SMILES string of the molecule is CCNc1cc(C(=O)NCCN2CCCCC2)ccn1. The molecule has 0 bridgehead atoms. The second-order valence-electron chi connectivity index (χ2n) is 5.12. The van der Waals surface area contributed by atoms with Crippen LogP contribution in [0, 0.1) is 0 Å². The van der Waals surface area contributed by atoms with E-state index in [1.807, 2.05) is 6.92 Å². The largest absolute Gasteiger partial charge is 0.370 e. The van der Waals surface area contributed by atoms with Crippen LogP contribution in [0.1, 0.15) is 36.5 Å². The van der Waals surface area contributed by atoms with Gasteiger partial charge in [0.25, 0.3) is 5.91 Å². The number of nitrogens with zero attached hydrogens (tertiary/aromatic N) is 2. The van der Waals surface area contributed by atoms with Gasteiger partial charge in [0.05, 0.1) is 0 Å². The molecule has 0 spiro atoms. The Morgan fingerprint density at radius 3 is 2.90 bits per heavy atom. The lowest BCUT2D eigenvalue weighted by molar-refractivity contribution is 0.0946. The molecule has 1 aromatic heterocycles. The van der Waals surface area contributed by atoms with Crippen LogP contribution in [0.25, 0.3) is 0 Å². The summed E-state index contributed by atoms with van der Waals surface area (Å²) in [5, 5.41) is 6.09. The van der Waals surface area contributed by atoms with Gasteiger partial charge in [-0.2, -0.15) is 0 Å². The maximum absolute atomic E-state index is 12.1. The first-order valence-electron chi connectivity index (χ1n) is 7.50. The summed E-state index contributed by atoms with van der Waals surface area (Å²) in [4.78, 5) is 18.6. The number of rotatable bonds is 6. The Morgan fingerprint density at radius 1 is 1.35 bits per heavy atom. The molecule has 1 amide bonds. The number of anilines is 1. The molecule has 2 heterocycles. The van der Waals surface area contributed by atoms with Gasteiger partial charge in [-0.1, -0.05) is 6.42 Å². The number of aromatic nitrogens is 1. The predicted octanol–water partition coefficient (Wildman–Crippen LogP) is 1.73. The van der Waals surface area contributed by atoms with Gasteiger partial charge in [-0.15, -0.1) is 0 Å². The molecule has 0 saturated carbocycles. The fraction of sp³-hybridized carbons (Fsp3) is 0.600. The Labute approximate surface area is 120 Å². The van der Waals surface area contributed by atoms with Gasteiger partial charge in [-0.05, 0) is 45.0 Å². The van der Waals surface area contributed by atoms with Crippen molar-refractivity contribution >= 4 is 11.7 Å². The first kappa shape index (κ1) is 14.8. The standard InChI is InChI=1S/C15H24N4O/c1-2-16-14-12-13(6-7-17-14)15(20)18-8-11-19-9-4-3-5-10-19/h6-7,12H,2-5,8-11H2,1H3,(H,16,17)(H,18,20). The molecule has 1 aliphatic rings. The van der Waals surface area contributed by atoms with E-state index in [2.05, 4.69) is 20.5 Å². The van der Waals surface area contributed by atoms with E-state index in [0.29, 0.717) is 12.1 Å². The third-order valence-electron chi connectivity index (χ3n) is 3.54. The summed E-state index contributed by atoms with van der Waals surface area (Å²) in [5.74, 6) is 0.722. The number of carbonyl (C=O) groups is 1. The Morgan fingerprint density at radius 2 is 2.15 bits per heavy atom. The lowest BCUT2D eigenvalue weighted by Crippen LogP contribution is -2.37. The van der Waals surface area contributed by atoms with Crippen molar-refractivity contribution in [2.24, 2.45) is 0 Å². The highest BCUT2D eigenvalue weighted by atomic mass is 16.1. The number of amides is 1. The van der Waals surface area contributed by atoms with Crippen LogP contribution in [0.15, 0.2) is 18.3 Å². The van der Waals surface area contributed by atoms with Crippen molar-refractivity contribution in [1.82, 2.24) is 15.2 Å². The lowest BCUT2D eigenvalue weighted by atomic mass is 10.1. The van der Waals surface area contributed by atoms with Gasteiger partial charge in [0.1, 0.15) is 5.82 Å². The summed E-state index contributed by atoms with van der Waals surface area (Å²) in [7, 11) is 0. The number of likely N-dealkylation sites (tertiary alicyclic amines) is 1. The summed E-state index contributed by atoms with van der Waals surface area (Å²) in [5.41, 5.74) is 0.662. The van der Waals surface area contributed by atoms with E-state index in [0.717, 1.165) is 32.0 Å². The second kappa shape index (κ2) is 7.85. The smallest absolute Gasteiger partial charge is 0.251 e. The van der Waals surface area contributed by atoms with Crippen LogP contribution in [0.3, 0.4) is 0 Å². The molecule has 0 aromatic carbocycles. The van der Waals surface area contributed by atoms with Gasteiger partial charge in [0.15, 0.2) is 0 Å². The molecule has 5 heteroatoms. The highest BCUT2D eigenvalue weighted by Gasteiger charge is 2.11. The molecule has 2 N–H and O–H groups in total. The minimum absolute atomic E-state index is 0.0245. The van der Waals surface area contributed by atoms with Crippen molar-refractivity contribution in [2.45, 2.75) is 26.2 Å². The summed E-state index contributed by atoms with van der Waals surface area (Å²) in [6.07, 6.45) is 5.57. The molecule has 1 aliphatic heterocycles. The van der Waals surface area contributed by atoms with Gasteiger partial charge >= 0.3 is 0 Å². The van der Waals surface area contributed by atoms with Crippen LogP contribution < -0.4 is 10.6 Å². The number of pyridine rings is 1. The molecule has 0 unspecified atom stereocenters. The van der Waals surface area contributed by atoms with Crippen LogP contribution in [-0.4, -0.2) is 48.5 Å². The Balaban J connectivity index is 1.77. The predicted molar refractivity (Wildman–Crippen MR) is 81.0 cm³/mol. The van der Waals surface area contributed by atoms with E-state index < -0.39 is 0 Å². The van der Waals surface area contributed by atoms with Crippen molar-refractivity contribution in [2.75, 3.05) is 38.0 Å². The fourth-order valence-corrected chi connectivity index (χ4v) is 2.46. The maximum atomic E-state index is 12.1. The van der Waals surface area contributed by atoms with E-state index in [1.54, 1.807) is 18.3 Å². The highest BCUT2D eigenvalue weighted by Crippen LogP contribution is 2.08. The average Bonchev–Trinajstić information content (AvgIpc) is 2.49. The van der Waals surface area contributed by atoms with E-state index in [9.17, 15) is 4.79 Å². The Kier molecular flexibility index (Phi) is 5.80. The Bertz CT molecular complexity index is 430. The van der Waals surface area contributed by atoms with E-state index >= 15 is 0 Å². The molecule has 110 valence electrons. The van der Waals surface area contributed by atoms with E-state index in [-0.39, 0.29) is 5.91 Å². The molecule has 1 fully saturated rings. The topological polar surface area (TPSA) is 57.3 Å². The number of hydrogen-bond acceptors (Lipinski definition) is 4. The van der Waals surface area contributed by atoms with Crippen LogP contribution in [0.5, 0.6) is 0 Å². The molecule has 0 atom stereocenters. The van der Waals surface area contributed by atoms with Gasteiger partial charge in [0, 0.05) is 31.4 Å². The summed E-state index contributed by atoms with van der Waals surface area (Å²) >= 11 is 0. The normalized spacial score (nSPS) is 15.8. The van der Waals surface area contributed by atoms with Gasteiger partial charge in [-0.25, -0.2) is 4.98 Å². The second-order valence-corrected chi connectivity index (χ2v) is 5.12. The quantitative estimate of drug-likeness (QED) is 0.831. The summed E-state index contributed by atoms with van der Waals surface area (Å²) < 4.78 is 0. The van der Waals surface area contributed by atoms with Gasteiger partial charge < -0.3 is 15.5 Å². The van der Waals surface area contributed by atoms with Gasteiger partial charge in [-0.3, -0.25) is 4.79 Å². The molecular formula is C15H24N4O. The van der Waals surface area contributed by atoms with Crippen LogP contribution >= 0.6 is 0 Å². The molecule has 1 aromatic rings. The first-order chi connectivity index (χ1) is 9.79. The van der Waals surface area contributed by atoms with Crippen molar-refractivity contribution in [3.05, 3.63) is 23.9 Å². The van der Waals surface area contributed by atoms with E-state index in [1.165, 1.54) is 19.3 Å². The van der Waals surface area contributed by atoms with Crippen LogP contribution in [-0.2, 0) is 0 Å². The molecule has 0 aliphatic carbocycles. The number of nitrogens with one attached hydrogen (secondary N) is 2. The zero-order valence-electron chi connectivity index (χ0n) is 12.2. The zero-order chi connectivity index (χ0) is 14.2. The van der Waals surface area contributed by atoms with Crippen LogP contribution in [0.2, 0.25) is 0 Å². The maximum Gasteiger partial charge on any atom is 0.251 e. The number of hydrogen-bond donors (Lipinski definition) is 2. The highest BCUT2D eigenvalue weighted by molar-refractivity contribution is 5.94. The molecular weight excluding hydrogens is 252 g/mol. The van der Waals surface area contributed by atoms with Crippen molar-refractivity contribution < 1.29 is 4.79 Å². The molecule has 0 radical (unpaired) electrons. The average molecular weight is 276 g/mol. The number of carbonyl (C=O) groups excluding carboxylic acids is 1. The molecule has 5 nitrogen and oxygen atoms in total. The van der Waals surface area contributed by atoms with Crippen molar-refractivity contribution in [3.63, 3.8) is 0 Å². The monoisotopic (exact) mass is 276 g/mol. The van der Waals surface area contributed by atoms with Crippen LogP contribution in [0.4, 0.5) is 5.82 Å². The summed E-state index contributed by atoms with van der Waals surface area (Å²) in [6.45, 7) is 6.78. The third-order valence-corrected chi connectivity index (χ3v) is 3.54. The number of piperidine rings is 1. The molecule has 1 saturated heterocycles. The minimum Gasteiger partial charge on any atom is -0.370 e. The van der Waals surface area contributed by atoms with Crippen molar-refractivity contribution in [3.8, 4) is 0 Å². The van der Waals surface area contributed by atoms with Crippen molar-refractivity contribution in [1.29, 1.82) is 0 Å². The molecule has 20 heavy (non-hydrogen) atoms. The van der Waals surface area contributed by atoms with E-state index in [4.69, 9.17) is 0 Å². The molecule has 2 rings (SSSR count). The lowest BCUT2D eigenvalue weighted by Gasteiger charge is -2.26. The fourth-order valence-electron chi connectivity index (χ4n) is 2.46. The summed E-state index contributed by atoms with van der Waals surface area (Å²) in [6, 6.07) is 3.54. The first-order valence-corrected chi connectivity index (χ1v) is 7.50. The Hall–Kier alpha value is -1.62. The minimum atomic E-state index is -0.0245. The zero-order valence-corrected chi connectivity index (χ0v) is 12.2.